The lowest BCUT2D eigenvalue weighted by molar-refractivity contribution is 0.0493. The topological polar surface area (TPSA) is 60.7 Å². The normalized spacial score (nSPS) is 18.6. The Balaban J connectivity index is 2.11. The average Bonchev–Trinajstić information content (AvgIpc) is 2.89. The van der Waals surface area contributed by atoms with Gasteiger partial charge in [-0.15, -0.1) is 0 Å². The van der Waals surface area contributed by atoms with Gasteiger partial charge in [0.1, 0.15) is 5.76 Å². The van der Waals surface area contributed by atoms with Crippen molar-refractivity contribution in [3.8, 4) is 0 Å². The molecule has 5 nitrogen and oxygen atoms in total. The fraction of sp³-hybridized carbons (Fsp3) is 0.615. The molecule has 1 fully saturated rings. The second-order valence-corrected chi connectivity index (χ2v) is 4.41. The van der Waals surface area contributed by atoms with E-state index in [1.807, 2.05) is 13.1 Å². The van der Waals surface area contributed by atoms with Crippen LogP contribution in [-0.2, 0) is 9.47 Å². The molecule has 5 heteroatoms. The minimum atomic E-state index is -0.442. The SMILES string of the molecule is CNC(c1ccc(C(=O)OC)o1)C1CCOCC1. The van der Waals surface area contributed by atoms with E-state index in [0.717, 1.165) is 31.8 Å². The first kappa shape index (κ1) is 13.1. The van der Waals surface area contributed by atoms with Crippen molar-refractivity contribution < 1.29 is 18.7 Å². The van der Waals surface area contributed by atoms with Crippen LogP contribution >= 0.6 is 0 Å². The van der Waals surface area contributed by atoms with Crippen molar-refractivity contribution in [3.63, 3.8) is 0 Å². The minimum absolute atomic E-state index is 0.118. The molecule has 1 unspecified atom stereocenters. The van der Waals surface area contributed by atoms with Crippen molar-refractivity contribution in [2.24, 2.45) is 5.92 Å². The number of hydrogen-bond acceptors (Lipinski definition) is 5. The first-order chi connectivity index (χ1) is 8.76. The maximum Gasteiger partial charge on any atom is 0.373 e. The summed E-state index contributed by atoms with van der Waals surface area (Å²) in [6.45, 7) is 1.57. The Morgan fingerprint density at radius 2 is 2.17 bits per heavy atom. The molecule has 18 heavy (non-hydrogen) atoms. The van der Waals surface area contributed by atoms with Crippen LogP contribution in [0.5, 0.6) is 0 Å². The lowest BCUT2D eigenvalue weighted by Gasteiger charge is -2.28. The van der Waals surface area contributed by atoms with E-state index < -0.39 is 5.97 Å². The van der Waals surface area contributed by atoms with Gasteiger partial charge in [0.25, 0.3) is 0 Å². The molecule has 2 heterocycles. The van der Waals surface area contributed by atoms with Crippen molar-refractivity contribution in [2.75, 3.05) is 27.4 Å². The second-order valence-electron chi connectivity index (χ2n) is 4.41. The maximum atomic E-state index is 11.4. The Hall–Kier alpha value is -1.33. The standard InChI is InChI=1S/C13H19NO4/c1-14-12(9-5-7-17-8-6-9)10-3-4-11(18-10)13(15)16-2/h3-4,9,12,14H,5-8H2,1-2H3. The molecule has 2 rings (SSSR count). The predicted octanol–water partition coefficient (Wildman–Crippen LogP) is 1.75. The summed E-state index contributed by atoms with van der Waals surface area (Å²) in [6, 6.07) is 3.61. The summed E-state index contributed by atoms with van der Waals surface area (Å²) >= 11 is 0. The van der Waals surface area contributed by atoms with Crippen LogP contribution < -0.4 is 5.32 Å². The van der Waals surface area contributed by atoms with Crippen LogP contribution in [0.4, 0.5) is 0 Å². The Kier molecular flexibility index (Phi) is 4.38. The summed E-state index contributed by atoms with van der Waals surface area (Å²) in [5.41, 5.74) is 0. The first-order valence-electron chi connectivity index (χ1n) is 6.19. The molecule has 1 saturated heterocycles. The first-order valence-corrected chi connectivity index (χ1v) is 6.19. The summed E-state index contributed by atoms with van der Waals surface area (Å²) in [6.07, 6.45) is 2.00. The maximum absolute atomic E-state index is 11.4. The van der Waals surface area contributed by atoms with Gasteiger partial charge in [0.15, 0.2) is 0 Å². The molecule has 0 saturated carbocycles. The van der Waals surface area contributed by atoms with E-state index in [0.29, 0.717) is 5.92 Å². The van der Waals surface area contributed by atoms with Crippen molar-refractivity contribution >= 4 is 5.97 Å². The molecular formula is C13H19NO4. The molecule has 1 aliphatic heterocycles. The number of esters is 1. The Morgan fingerprint density at radius 3 is 2.78 bits per heavy atom. The van der Waals surface area contributed by atoms with Crippen LogP contribution in [0.3, 0.4) is 0 Å². The third-order valence-corrected chi connectivity index (χ3v) is 3.37. The zero-order valence-corrected chi connectivity index (χ0v) is 10.8. The number of carbonyl (C=O) groups excluding carboxylic acids is 1. The second kappa shape index (κ2) is 6.02. The number of hydrogen-bond donors (Lipinski definition) is 1. The van der Waals surface area contributed by atoms with Crippen LogP contribution in [0.15, 0.2) is 16.5 Å². The molecule has 1 aromatic rings. The highest BCUT2D eigenvalue weighted by molar-refractivity contribution is 5.86. The van der Waals surface area contributed by atoms with Crippen molar-refractivity contribution in [1.29, 1.82) is 0 Å². The number of carbonyl (C=O) groups is 1. The van der Waals surface area contributed by atoms with Crippen molar-refractivity contribution in [2.45, 2.75) is 18.9 Å². The van der Waals surface area contributed by atoms with E-state index in [1.54, 1.807) is 6.07 Å². The fourth-order valence-corrected chi connectivity index (χ4v) is 2.39. The summed E-state index contributed by atoms with van der Waals surface area (Å²) < 4.78 is 15.6. The van der Waals surface area contributed by atoms with Crippen LogP contribution in [-0.4, -0.2) is 33.3 Å². The number of rotatable bonds is 4. The highest BCUT2D eigenvalue weighted by Gasteiger charge is 2.27. The average molecular weight is 253 g/mol. The summed E-state index contributed by atoms with van der Waals surface area (Å²) in [5.74, 6) is 1.06. The fourth-order valence-electron chi connectivity index (χ4n) is 2.39. The predicted molar refractivity (Wildman–Crippen MR) is 65.4 cm³/mol. The van der Waals surface area contributed by atoms with E-state index in [1.165, 1.54) is 7.11 Å². The Morgan fingerprint density at radius 1 is 1.44 bits per heavy atom. The smallest absolute Gasteiger partial charge is 0.373 e. The van der Waals surface area contributed by atoms with E-state index in [-0.39, 0.29) is 11.8 Å². The monoisotopic (exact) mass is 253 g/mol. The van der Waals surface area contributed by atoms with E-state index in [2.05, 4.69) is 10.1 Å². The lowest BCUT2D eigenvalue weighted by Crippen LogP contribution is -2.29. The van der Waals surface area contributed by atoms with E-state index in [4.69, 9.17) is 9.15 Å². The molecule has 1 atom stereocenters. The van der Waals surface area contributed by atoms with Gasteiger partial charge in [-0.05, 0) is 37.9 Å². The molecule has 0 spiro atoms. The third-order valence-electron chi connectivity index (χ3n) is 3.37. The van der Waals surface area contributed by atoms with Gasteiger partial charge in [-0.1, -0.05) is 0 Å². The summed E-state index contributed by atoms with van der Waals surface area (Å²) in [7, 11) is 3.25. The Labute approximate surface area is 106 Å². The van der Waals surface area contributed by atoms with Crippen LogP contribution in [0.2, 0.25) is 0 Å². The van der Waals surface area contributed by atoms with E-state index >= 15 is 0 Å². The highest BCUT2D eigenvalue weighted by atomic mass is 16.5. The van der Waals surface area contributed by atoms with Gasteiger partial charge in [-0.25, -0.2) is 4.79 Å². The number of nitrogens with one attached hydrogen (secondary N) is 1. The zero-order valence-electron chi connectivity index (χ0n) is 10.8. The van der Waals surface area contributed by atoms with Gasteiger partial charge < -0.3 is 19.2 Å². The van der Waals surface area contributed by atoms with Crippen molar-refractivity contribution in [1.82, 2.24) is 5.32 Å². The molecule has 0 aliphatic carbocycles. The lowest BCUT2D eigenvalue weighted by atomic mass is 9.90. The van der Waals surface area contributed by atoms with Crippen LogP contribution in [0, 0.1) is 5.92 Å². The Bertz CT molecular complexity index is 395. The van der Waals surface area contributed by atoms with E-state index in [9.17, 15) is 4.79 Å². The van der Waals surface area contributed by atoms with Gasteiger partial charge in [0.2, 0.25) is 5.76 Å². The van der Waals surface area contributed by atoms with Gasteiger partial charge in [0.05, 0.1) is 13.2 Å². The molecule has 100 valence electrons. The highest BCUT2D eigenvalue weighted by Crippen LogP contribution is 2.30. The molecule has 0 bridgehead atoms. The van der Waals surface area contributed by atoms with Gasteiger partial charge in [-0.3, -0.25) is 0 Å². The molecule has 1 N–H and O–H groups in total. The number of ether oxygens (including phenoxy) is 2. The number of methoxy groups -OCH3 is 1. The quantitative estimate of drug-likeness (QED) is 0.828. The van der Waals surface area contributed by atoms with Gasteiger partial charge >= 0.3 is 5.97 Å². The molecule has 0 aromatic carbocycles. The summed E-state index contributed by atoms with van der Waals surface area (Å²) in [4.78, 5) is 11.4. The molecular weight excluding hydrogens is 234 g/mol. The van der Waals surface area contributed by atoms with Crippen LogP contribution in [0.1, 0.15) is 35.2 Å². The summed E-state index contributed by atoms with van der Waals surface area (Å²) in [5, 5.41) is 3.26. The molecule has 0 radical (unpaired) electrons. The van der Waals surface area contributed by atoms with Crippen molar-refractivity contribution in [3.05, 3.63) is 23.7 Å². The van der Waals surface area contributed by atoms with Gasteiger partial charge in [-0.2, -0.15) is 0 Å². The minimum Gasteiger partial charge on any atom is -0.463 e. The van der Waals surface area contributed by atoms with Crippen LogP contribution in [0.25, 0.3) is 0 Å². The molecule has 1 aliphatic rings. The van der Waals surface area contributed by atoms with Gasteiger partial charge in [0, 0.05) is 13.2 Å². The third kappa shape index (κ3) is 2.73. The zero-order chi connectivity index (χ0) is 13.0. The molecule has 0 amide bonds. The largest absolute Gasteiger partial charge is 0.463 e. The number of furan rings is 1. The molecule has 1 aromatic heterocycles.